The largest absolute Gasteiger partial charge is 0.481 e. The van der Waals surface area contributed by atoms with Gasteiger partial charge < -0.3 is 9.64 Å². The molecule has 0 aliphatic carbocycles. The SMILES string of the molecule is CCN(CC)c1ccc(/C=N/NC(=O)COc2ccccc2F)cc1. The van der Waals surface area contributed by atoms with Crippen LogP contribution in [0.3, 0.4) is 0 Å². The van der Waals surface area contributed by atoms with E-state index in [9.17, 15) is 9.18 Å². The van der Waals surface area contributed by atoms with Crippen molar-refractivity contribution in [3.63, 3.8) is 0 Å². The topological polar surface area (TPSA) is 53.9 Å². The number of anilines is 1. The van der Waals surface area contributed by atoms with Gasteiger partial charge in [0.2, 0.25) is 0 Å². The fraction of sp³-hybridized carbons (Fsp3) is 0.263. The molecule has 0 atom stereocenters. The molecule has 6 heteroatoms. The standard InChI is InChI=1S/C19H22FN3O2/c1-3-23(4-2)16-11-9-15(10-12-16)13-21-22-19(24)14-25-18-8-6-5-7-17(18)20/h5-13H,3-4,14H2,1-2H3,(H,22,24)/b21-13+. The zero-order valence-corrected chi connectivity index (χ0v) is 14.4. The van der Waals surface area contributed by atoms with Gasteiger partial charge in [0, 0.05) is 18.8 Å². The molecular weight excluding hydrogens is 321 g/mol. The fourth-order valence-electron chi connectivity index (χ4n) is 2.28. The Bertz CT molecular complexity index is 713. The van der Waals surface area contributed by atoms with Gasteiger partial charge in [-0.05, 0) is 43.7 Å². The first-order chi connectivity index (χ1) is 12.1. The molecule has 0 radical (unpaired) electrons. The molecule has 0 aromatic heterocycles. The van der Waals surface area contributed by atoms with Crippen molar-refractivity contribution in [2.24, 2.45) is 5.10 Å². The van der Waals surface area contributed by atoms with Crippen LogP contribution in [0, 0.1) is 5.82 Å². The lowest BCUT2D eigenvalue weighted by Crippen LogP contribution is -2.24. The summed E-state index contributed by atoms with van der Waals surface area (Å²) in [5.41, 5.74) is 4.36. The number of halogens is 1. The summed E-state index contributed by atoms with van der Waals surface area (Å²) in [5.74, 6) is -0.931. The minimum absolute atomic E-state index is 0.0358. The zero-order chi connectivity index (χ0) is 18.1. The van der Waals surface area contributed by atoms with Crippen LogP contribution in [-0.4, -0.2) is 31.8 Å². The van der Waals surface area contributed by atoms with Gasteiger partial charge in [0.15, 0.2) is 18.2 Å². The van der Waals surface area contributed by atoms with Gasteiger partial charge in [0.25, 0.3) is 5.91 Å². The van der Waals surface area contributed by atoms with Crippen LogP contribution in [0.15, 0.2) is 53.6 Å². The van der Waals surface area contributed by atoms with Crippen molar-refractivity contribution < 1.29 is 13.9 Å². The number of hydrazone groups is 1. The van der Waals surface area contributed by atoms with Gasteiger partial charge in [-0.2, -0.15) is 5.10 Å². The highest BCUT2D eigenvalue weighted by Crippen LogP contribution is 2.15. The number of carbonyl (C=O) groups excluding carboxylic acids is 1. The average molecular weight is 343 g/mol. The summed E-state index contributed by atoms with van der Waals surface area (Å²) >= 11 is 0. The number of benzene rings is 2. The highest BCUT2D eigenvalue weighted by Gasteiger charge is 2.05. The molecule has 0 spiro atoms. The van der Waals surface area contributed by atoms with Crippen molar-refractivity contribution in [1.82, 2.24) is 5.43 Å². The average Bonchev–Trinajstić information content (AvgIpc) is 2.63. The Hall–Kier alpha value is -2.89. The Balaban J connectivity index is 1.82. The van der Waals surface area contributed by atoms with Gasteiger partial charge >= 0.3 is 0 Å². The molecular formula is C19H22FN3O2. The molecule has 5 nitrogen and oxygen atoms in total. The summed E-state index contributed by atoms with van der Waals surface area (Å²) in [4.78, 5) is 13.9. The Labute approximate surface area is 147 Å². The Morgan fingerprint density at radius 2 is 1.84 bits per heavy atom. The predicted molar refractivity (Wildman–Crippen MR) is 97.6 cm³/mol. The molecule has 2 aromatic rings. The molecule has 1 N–H and O–H groups in total. The van der Waals surface area contributed by atoms with Gasteiger partial charge in [-0.25, -0.2) is 9.82 Å². The summed E-state index contributed by atoms with van der Waals surface area (Å²) in [6, 6.07) is 13.8. The molecule has 132 valence electrons. The summed E-state index contributed by atoms with van der Waals surface area (Å²) in [5, 5.41) is 3.88. The number of hydrogen-bond donors (Lipinski definition) is 1. The number of nitrogens with zero attached hydrogens (tertiary/aromatic N) is 2. The molecule has 0 heterocycles. The van der Waals surface area contributed by atoms with Crippen LogP contribution in [0.25, 0.3) is 0 Å². The molecule has 0 saturated heterocycles. The van der Waals surface area contributed by atoms with E-state index >= 15 is 0 Å². The monoisotopic (exact) mass is 343 g/mol. The molecule has 0 aliphatic rings. The number of para-hydroxylation sites is 1. The first-order valence-corrected chi connectivity index (χ1v) is 8.18. The van der Waals surface area contributed by atoms with Gasteiger partial charge in [-0.15, -0.1) is 0 Å². The van der Waals surface area contributed by atoms with Crippen molar-refractivity contribution in [1.29, 1.82) is 0 Å². The fourth-order valence-corrected chi connectivity index (χ4v) is 2.28. The molecule has 0 bridgehead atoms. The van der Waals surface area contributed by atoms with Crippen LogP contribution >= 0.6 is 0 Å². The van der Waals surface area contributed by atoms with E-state index in [1.807, 2.05) is 24.3 Å². The van der Waals surface area contributed by atoms with Crippen molar-refractivity contribution in [3.8, 4) is 5.75 Å². The van der Waals surface area contributed by atoms with E-state index < -0.39 is 11.7 Å². The number of ether oxygens (including phenoxy) is 1. The van der Waals surface area contributed by atoms with Crippen LogP contribution in [0.1, 0.15) is 19.4 Å². The molecule has 1 amide bonds. The quantitative estimate of drug-likeness (QED) is 0.591. The van der Waals surface area contributed by atoms with Gasteiger partial charge in [-0.1, -0.05) is 24.3 Å². The summed E-state index contributed by atoms with van der Waals surface area (Å²) < 4.78 is 18.5. The molecule has 2 aromatic carbocycles. The van der Waals surface area contributed by atoms with E-state index in [1.54, 1.807) is 18.3 Å². The second-order valence-corrected chi connectivity index (χ2v) is 5.28. The van der Waals surface area contributed by atoms with E-state index in [-0.39, 0.29) is 12.4 Å². The zero-order valence-electron chi connectivity index (χ0n) is 14.4. The van der Waals surface area contributed by atoms with E-state index in [0.29, 0.717) is 0 Å². The van der Waals surface area contributed by atoms with Crippen molar-refractivity contribution in [3.05, 3.63) is 59.9 Å². The first kappa shape index (κ1) is 18.4. The molecule has 2 rings (SSSR count). The maximum atomic E-state index is 13.4. The van der Waals surface area contributed by atoms with Crippen LogP contribution in [0.4, 0.5) is 10.1 Å². The number of hydrogen-bond acceptors (Lipinski definition) is 4. The highest BCUT2D eigenvalue weighted by atomic mass is 19.1. The maximum absolute atomic E-state index is 13.4. The van der Waals surface area contributed by atoms with Crippen LogP contribution in [0.2, 0.25) is 0 Å². The van der Waals surface area contributed by atoms with E-state index in [1.165, 1.54) is 12.1 Å². The van der Waals surface area contributed by atoms with Crippen LogP contribution < -0.4 is 15.1 Å². The summed E-state index contributed by atoms with van der Waals surface area (Å²) in [7, 11) is 0. The molecule has 25 heavy (non-hydrogen) atoms. The second kappa shape index (κ2) is 9.42. The third kappa shape index (κ3) is 5.60. The van der Waals surface area contributed by atoms with Gasteiger partial charge in [0.05, 0.1) is 6.21 Å². The Morgan fingerprint density at radius 1 is 1.16 bits per heavy atom. The predicted octanol–water partition coefficient (Wildman–Crippen LogP) is 3.20. The number of nitrogens with one attached hydrogen (secondary N) is 1. The lowest BCUT2D eigenvalue weighted by molar-refractivity contribution is -0.123. The number of amides is 1. The maximum Gasteiger partial charge on any atom is 0.277 e. The summed E-state index contributed by atoms with van der Waals surface area (Å²) in [6.07, 6.45) is 1.55. The third-order valence-corrected chi connectivity index (χ3v) is 3.62. The van der Waals surface area contributed by atoms with Gasteiger partial charge in [0.1, 0.15) is 0 Å². The van der Waals surface area contributed by atoms with E-state index in [2.05, 4.69) is 29.3 Å². The first-order valence-electron chi connectivity index (χ1n) is 8.18. The summed E-state index contributed by atoms with van der Waals surface area (Å²) in [6.45, 7) is 5.80. The van der Waals surface area contributed by atoms with Gasteiger partial charge in [-0.3, -0.25) is 4.79 Å². The normalized spacial score (nSPS) is 10.7. The smallest absolute Gasteiger partial charge is 0.277 e. The Kier molecular flexibility index (Phi) is 6.95. The third-order valence-electron chi connectivity index (χ3n) is 3.62. The minimum atomic E-state index is -0.507. The van der Waals surface area contributed by atoms with Crippen molar-refractivity contribution in [2.45, 2.75) is 13.8 Å². The number of rotatable bonds is 8. The molecule has 0 unspecified atom stereocenters. The Morgan fingerprint density at radius 3 is 2.48 bits per heavy atom. The van der Waals surface area contributed by atoms with E-state index in [4.69, 9.17) is 4.74 Å². The number of carbonyl (C=O) groups is 1. The molecule has 0 saturated carbocycles. The van der Waals surface area contributed by atoms with Crippen molar-refractivity contribution >= 4 is 17.8 Å². The van der Waals surface area contributed by atoms with Crippen LogP contribution in [-0.2, 0) is 4.79 Å². The van der Waals surface area contributed by atoms with Crippen molar-refractivity contribution in [2.75, 3.05) is 24.6 Å². The van der Waals surface area contributed by atoms with E-state index in [0.717, 1.165) is 24.3 Å². The molecule has 0 aliphatic heterocycles. The lowest BCUT2D eigenvalue weighted by atomic mass is 10.2. The highest BCUT2D eigenvalue weighted by molar-refractivity contribution is 5.83. The lowest BCUT2D eigenvalue weighted by Gasteiger charge is -2.20. The second-order valence-electron chi connectivity index (χ2n) is 5.28. The minimum Gasteiger partial charge on any atom is -0.481 e. The molecule has 0 fully saturated rings. The van der Waals surface area contributed by atoms with Crippen LogP contribution in [0.5, 0.6) is 5.75 Å².